The van der Waals surface area contributed by atoms with Crippen LogP contribution < -0.4 is 14.2 Å². The Morgan fingerprint density at radius 3 is 2.22 bits per heavy atom. The molecule has 0 fully saturated rings. The number of carbonyl (C=O) groups is 1. The fourth-order valence-corrected chi connectivity index (χ4v) is 2.53. The summed E-state index contributed by atoms with van der Waals surface area (Å²) < 4.78 is 22.7. The summed E-state index contributed by atoms with van der Waals surface area (Å²) in [4.78, 5) is 12.7. The van der Waals surface area contributed by atoms with E-state index in [0.717, 1.165) is 5.69 Å². The minimum Gasteiger partial charge on any atom is -0.497 e. The van der Waals surface area contributed by atoms with E-state index >= 15 is 0 Å². The normalized spacial score (nSPS) is 10.5. The zero-order valence-electron chi connectivity index (χ0n) is 15.3. The van der Waals surface area contributed by atoms with Gasteiger partial charge in [0.25, 0.3) is 0 Å². The molecule has 2 aromatic carbocycles. The van der Waals surface area contributed by atoms with Crippen molar-refractivity contribution < 1.29 is 23.7 Å². The first-order valence-electron chi connectivity index (χ1n) is 8.23. The van der Waals surface area contributed by atoms with Crippen LogP contribution >= 0.6 is 0 Å². The molecule has 0 spiro atoms. The van der Waals surface area contributed by atoms with Gasteiger partial charge in [-0.3, -0.25) is 0 Å². The smallest absolute Gasteiger partial charge is 0.345 e. The van der Waals surface area contributed by atoms with Gasteiger partial charge in [0.05, 0.1) is 37.8 Å². The molecule has 0 saturated heterocycles. The number of esters is 1. The van der Waals surface area contributed by atoms with Crippen LogP contribution in [0.2, 0.25) is 0 Å². The molecule has 0 atom stereocenters. The van der Waals surface area contributed by atoms with Gasteiger partial charge in [-0.05, 0) is 24.3 Å². The number of nitrogens with zero attached hydrogens (tertiary/aromatic N) is 2. The maximum absolute atomic E-state index is 12.7. The molecule has 1 heterocycles. The molecule has 1 aromatic heterocycles. The first-order valence-corrected chi connectivity index (χ1v) is 8.23. The Kier molecular flexibility index (Phi) is 5.73. The van der Waals surface area contributed by atoms with Crippen LogP contribution in [0.1, 0.15) is 16.1 Å². The summed E-state index contributed by atoms with van der Waals surface area (Å²) in [6.45, 7) is 0.303. The van der Waals surface area contributed by atoms with Crippen LogP contribution in [0.5, 0.6) is 17.4 Å². The number of carbonyl (C=O) groups excluding carboxylic acids is 1. The molecule has 7 heteroatoms. The summed E-state index contributed by atoms with van der Waals surface area (Å²) in [5.74, 6) is 0.740. The number of hydrogen-bond acceptors (Lipinski definition) is 6. The lowest BCUT2D eigenvalue weighted by atomic mass is 10.2. The Morgan fingerprint density at radius 1 is 0.963 bits per heavy atom. The van der Waals surface area contributed by atoms with Gasteiger partial charge >= 0.3 is 5.97 Å². The van der Waals surface area contributed by atoms with Crippen LogP contribution in [-0.2, 0) is 11.3 Å². The SMILES string of the molecule is COCc1cc(OC(=O)c2cc(OC)cc(OC)c2)n(-c2ccccc2)n1. The molecule has 0 aliphatic heterocycles. The van der Waals surface area contributed by atoms with Crippen LogP contribution in [-0.4, -0.2) is 37.1 Å². The molecular formula is C20H20N2O5. The van der Waals surface area contributed by atoms with Crippen LogP contribution in [0.4, 0.5) is 0 Å². The Labute approximate surface area is 157 Å². The van der Waals surface area contributed by atoms with Gasteiger partial charge in [-0.15, -0.1) is 0 Å². The number of aromatic nitrogens is 2. The van der Waals surface area contributed by atoms with Crippen molar-refractivity contribution in [3.8, 4) is 23.1 Å². The lowest BCUT2D eigenvalue weighted by Gasteiger charge is -2.10. The van der Waals surface area contributed by atoms with E-state index in [1.165, 1.54) is 14.2 Å². The van der Waals surface area contributed by atoms with Crippen molar-refractivity contribution in [2.24, 2.45) is 0 Å². The van der Waals surface area contributed by atoms with Crippen molar-refractivity contribution >= 4 is 5.97 Å². The largest absolute Gasteiger partial charge is 0.497 e. The van der Waals surface area contributed by atoms with E-state index < -0.39 is 5.97 Å². The highest BCUT2D eigenvalue weighted by molar-refractivity contribution is 5.92. The van der Waals surface area contributed by atoms with Crippen molar-refractivity contribution in [3.63, 3.8) is 0 Å². The van der Waals surface area contributed by atoms with Crippen LogP contribution in [0.3, 0.4) is 0 Å². The number of hydrogen-bond donors (Lipinski definition) is 0. The van der Waals surface area contributed by atoms with Crippen molar-refractivity contribution in [2.45, 2.75) is 6.61 Å². The fourth-order valence-electron chi connectivity index (χ4n) is 2.53. The lowest BCUT2D eigenvalue weighted by molar-refractivity contribution is 0.0722. The lowest BCUT2D eigenvalue weighted by Crippen LogP contribution is -2.12. The second kappa shape index (κ2) is 8.37. The molecule has 0 radical (unpaired) electrons. The van der Waals surface area contributed by atoms with E-state index in [1.807, 2.05) is 30.3 Å². The van der Waals surface area contributed by atoms with Gasteiger partial charge in [-0.2, -0.15) is 5.10 Å². The zero-order valence-corrected chi connectivity index (χ0v) is 15.3. The summed E-state index contributed by atoms with van der Waals surface area (Å²) in [6, 6.07) is 15.9. The number of methoxy groups -OCH3 is 3. The van der Waals surface area contributed by atoms with Crippen molar-refractivity contribution in [2.75, 3.05) is 21.3 Å². The average molecular weight is 368 g/mol. The molecule has 27 heavy (non-hydrogen) atoms. The second-order valence-electron chi connectivity index (χ2n) is 5.65. The standard InChI is InChI=1S/C20H20N2O5/c1-24-13-15-11-19(22(21-15)16-7-5-4-6-8-16)27-20(23)14-9-17(25-2)12-18(10-14)26-3/h4-12H,13H2,1-3H3. The van der Waals surface area contributed by atoms with E-state index in [2.05, 4.69) is 5.10 Å². The third-order valence-electron chi connectivity index (χ3n) is 3.80. The van der Waals surface area contributed by atoms with Gasteiger partial charge in [-0.1, -0.05) is 18.2 Å². The summed E-state index contributed by atoms with van der Waals surface area (Å²) in [6.07, 6.45) is 0. The monoisotopic (exact) mass is 368 g/mol. The predicted octanol–water partition coefficient (Wildman–Crippen LogP) is 3.26. The molecule has 0 unspecified atom stereocenters. The van der Waals surface area contributed by atoms with Gasteiger partial charge in [0.15, 0.2) is 0 Å². The topological polar surface area (TPSA) is 71.8 Å². The quantitative estimate of drug-likeness (QED) is 0.596. The van der Waals surface area contributed by atoms with Crippen LogP contribution in [0.15, 0.2) is 54.6 Å². The van der Waals surface area contributed by atoms with Crippen LogP contribution in [0, 0.1) is 0 Å². The zero-order chi connectivity index (χ0) is 19.2. The third kappa shape index (κ3) is 4.27. The van der Waals surface area contributed by atoms with Crippen molar-refractivity contribution in [1.82, 2.24) is 9.78 Å². The van der Waals surface area contributed by atoms with Gasteiger partial charge in [-0.25, -0.2) is 9.48 Å². The minimum atomic E-state index is -0.548. The molecule has 140 valence electrons. The number of ether oxygens (including phenoxy) is 4. The first kappa shape index (κ1) is 18.5. The highest BCUT2D eigenvalue weighted by atomic mass is 16.5. The van der Waals surface area contributed by atoms with E-state index in [9.17, 15) is 4.79 Å². The Bertz CT molecular complexity index is 899. The Morgan fingerprint density at radius 2 is 1.63 bits per heavy atom. The molecule has 0 N–H and O–H groups in total. The maximum atomic E-state index is 12.7. The van der Waals surface area contributed by atoms with E-state index in [1.54, 1.807) is 36.1 Å². The molecule has 0 aliphatic rings. The molecule has 7 nitrogen and oxygen atoms in total. The molecule has 0 amide bonds. The maximum Gasteiger partial charge on any atom is 0.345 e. The molecule has 0 aliphatic carbocycles. The van der Waals surface area contributed by atoms with E-state index in [4.69, 9.17) is 18.9 Å². The number of rotatable bonds is 7. The molecular weight excluding hydrogens is 348 g/mol. The van der Waals surface area contributed by atoms with E-state index in [0.29, 0.717) is 35.2 Å². The van der Waals surface area contributed by atoms with Crippen LogP contribution in [0.25, 0.3) is 5.69 Å². The third-order valence-corrected chi connectivity index (χ3v) is 3.80. The van der Waals surface area contributed by atoms with Gasteiger partial charge in [0.1, 0.15) is 11.5 Å². The summed E-state index contributed by atoms with van der Waals surface area (Å²) in [5.41, 5.74) is 1.72. The van der Waals surface area contributed by atoms with E-state index in [-0.39, 0.29) is 0 Å². The summed E-state index contributed by atoms with van der Waals surface area (Å²) in [5, 5.41) is 4.45. The predicted molar refractivity (Wildman–Crippen MR) is 98.8 cm³/mol. The first-order chi connectivity index (χ1) is 13.1. The minimum absolute atomic E-state index is 0.292. The highest BCUT2D eigenvalue weighted by Crippen LogP contribution is 2.25. The molecule has 0 bridgehead atoms. The second-order valence-corrected chi connectivity index (χ2v) is 5.65. The van der Waals surface area contributed by atoms with Gasteiger partial charge < -0.3 is 18.9 Å². The Hall–Kier alpha value is -3.32. The average Bonchev–Trinajstić information content (AvgIpc) is 3.10. The van der Waals surface area contributed by atoms with Crippen molar-refractivity contribution in [1.29, 1.82) is 0 Å². The summed E-state index contributed by atoms with van der Waals surface area (Å²) in [7, 11) is 4.62. The van der Waals surface area contributed by atoms with Gasteiger partial charge in [0.2, 0.25) is 5.88 Å². The highest BCUT2D eigenvalue weighted by Gasteiger charge is 2.17. The van der Waals surface area contributed by atoms with Gasteiger partial charge in [0, 0.05) is 19.2 Å². The number of benzene rings is 2. The molecule has 0 saturated carbocycles. The summed E-state index contributed by atoms with van der Waals surface area (Å²) >= 11 is 0. The fraction of sp³-hybridized carbons (Fsp3) is 0.200. The number of para-hydroxylation sites is 1. The Balaban J connectivity index is 1.94. The van der Waals surface area contributed by atoms with Crippen molar-refractivity contribution in [3.05, 3.63) is 65.9 Å². The molecule has 3 aromatic rings. The molecule has 3 rings (SSSR count).